The minimum absolute atomic E-state index is 0.0402. The Balaban J connectivity index is 2.35. The van der Waals surface area contributed by atoms with Crippen molar-refractivity contribution in [2.24, 2.45) is 11.8 Å². The number of hydrogen-bond donors (Lipinski definition) is 1. The molecule has 1 N–H and O–H groups in total. The molecule has 0 aromatic heterocycles. The molecule has 1 heterocycles. The lowest BCUT2D eigenvalue weighted by Crippen LogP contribution is -2.51. The molecule has 5 nitrogen and oxygen atoms in total. The van der Waals surface area contributed by atoms with Gasteiger partial charge >= 0.3 is 0 Å². The van der Waals surface area contributed by atoms with E-state index in [1.54, 1.807) is 0 Å². The van der Waals surface area contributed by atoms with E-state index in [0.29, 0.717) is 31.3 Å². The molecule has 0 bridgehead atoms. The maximum absolute atomic E-state index is 11.7. The van der Waals surface area contributed by atoms with E-state index in [4.69, 9.17) is 4.74 Å². The molecule has 0 aliphatic carbocycles. The lowest BCUT2D eigenvalue weighted by Gasteiger charge is -2.33. The molecule has 1 unspecified atom stereocenters. The number of carbonyl (C=O) groups excluding carboxylic acids is 2. The second kappa shape index (κ2) is 7.48. The number of amides is 2. The summed E-state index contributed by atoms with van der Waals surface area (Å²) >= 11 is 0. The number of carbonyl (C=O) groups is 2. The van der Waals surface area contributed by atoms with Gasteiger partial charge in [-0.15, -0.1) is 0 Å². The summed E-state index contributed by atoms with van der Waals surface area (Å²) in [4.78, 5) is 25.1. The van der Waals surface area contributed by atoms with Crippen LogP contribution in [0.5, 0.6) is 0 Å². The molecule has 0 saturated carbocycles. The molecule has 110 valence electrons. The van der Waals surface area contributed by atoms with E-state index in [1.165, 1.54) is 0 Å². The summed E-state index contributed by atoms with van der Waals surface area (Å²) < 4.78 is 5.45. The molecule has 1 saturated heterocycles. The van der Waals surface area contributed by atoms with Crippen molar-refractivity contribution in [3.63, 3.8) is 0 Å². The number of hydrogen-bond acceptors (Lipinski definition) is 3. The van der Waals surface area contributed by atoms with Crippen LogP contribution in [0.25, 0.3) is 0 Å². The molecule has 1 aliphatic heterocycles. The molecule has 1 rings (SSSR count). The highest BCUT2D eigenvalue weighted by Crippen LogP contribution is 2.09. The van der Waals surface area contributed by atoms with Gasteiger partial charge in [0.15, 0.2) is 0 Å². The van der Waals surface area contributed by atoms with Gasteiger partial charge in [0, 0.05) is 26.1 Å². The summed E-state index contributed by atoms with van der Waals surface area (Å²) in [5.74, 6) is 0.883. The van der Waals surface area contributed by atoms with Gasteiger partial charge in [-0.2, -0.15) is 0 Å². The minimum Gasteiger partial charge on any atom is -0.365 e. The first-order valence-electron chi connectivity index (χ1n) is 7.04. The van der Waals surface area contributed by atoms with Crippen LogP contribution in [-0.4, -0.2) is 49.1 Å². The average molecular weight is 270 g/mol. The third kappa shape index (κ3) is 6.05. The molecule has 1 fully saturated rings. The Morgan fingerprint density at radius 2 is 2.05 bits per heavy atom. The lowest BCUT2D eigenvalue weighted by atomic mass is 10.1. The van der Waals surface area contributed by atoms with Crippen molar-refractivity contribution in [1.82, 2.24) is 10.2 Å². The van der Waals surface area contributed by atoms with Gasteiger partial charge in [-0.3, -0.25) is 9.59 Å². The molecule has 2 amide bonds. The van der Waals surface area contributed by atoms with E-state index < -0.39 is 0 Å². The zero-order valence-corrected chi connectivity index (χ0v) is 12.4. The van der Waals surface area contributed by atoms with Gasteiger partial charge in [-0.05, 0) is 11.8 Å². The quantitative estimate of drug-likeness (QED) is 0.784. The molecule has 0 radical (unpaired) electrons. The van der Waals surface area contributed by atoms with Gasteiger partial charge in [-0.25, -0.2) is 0 Å². The molecule has 0 aromatic carbocycles. The molecular weight excluding hydrogens is 244 g/mol. The first-order valence-corrected chi connectivity index (χ1v) is 7.04. The fraction of sp³-hybridized carbons (Fsp3) is 0.857. The molecule has 19 heavy (non-hydrogen) atoms. The third-order valence-corrected chi connectivity index (χ3v) is 2.93. The highest BCUT2D eigenvalue weighted by atomic mass is 16.5. The first-order chi connectivity index (χ1) is 8.88. The highest BCUT2D eigenvalue weighted by Gasteiger charge is 2.26. The Bertz CT molecular complexity index is 316. The Kier molecular flexibility index (Phi) is 6.28. The van der Waals surface area contributed by atoms with Crippen LogP contribution in [0, 0.1) is 11.8 Å². The maximum atomic E-state index is 11.7. The van der Waals surface area contributed by atoms with Crippen LogP contribution in [0.4, 0.5) is 0 Å². The molecule has 0 aromatic rings. The fourth-order valence-corrected chi connectivity index (χ4v) is 2.09. The summed E-state index contributed by atoms with van der Waals surface area (Å²) in [7, 11) is 0. The van der Waals surface area contributed by atoms with Crippen molar-refractivity contribution in [3.05, 3.63) is 0 Å². The normalized spacial score (nSPS) is 20.2. The van der Waals surface area contributed by atoms with Gasteiger partial charge < -0.3 is 15.0 Å². The van der Waals surface area contributed by atoms with Crippen LogP contribution in [0.2, 0.25) is 0 Å². The van der Waals surface area contributed by atoms with Gasteiger partial charge in [-0.1, -0.05) is 27.7 Å². The second-order valence-corrected chi connectivity index (χ2v) is 6.03. The van der Waals surface area contributed by atoms with Crippen LogP contribution < -0.4 is 5.32 Å². The molecule has 1 aliphatic rings. The highest BCUT2D eigenvalue weighted by molar-refractivity contribution is 5.78. The van der Waals surface area contributed by atoms with Crippen LogP contribution >= 0.6 is 0 Å². The third-order valence-electron chi connectivity index (χ3n) is 2.93. The zero-order chi connectivity index (χ0) is 14.4. The van der Waals surface area contributed by atoms with E-state index in [1.807, 2.05) is 18.7 Å². The Morgan fingerprint density at radius 3 is 2.63 bits per heavy atom. The van der Waals surface area contributed by atoms with E-state index in [0.717, 1.165) is 6.54 Å². The van der Waals surface area contributed by atoms with Crippen molar-refractivity contribution >= 4 is 11.8 Å². The van der Waals surface area contributed by atoms with Gasteiger partial charge in [0.25, 0.3) is 0 Å². The fourth-order valence-electron chi connectivity index (χ4n) is 2.09. The number of nitrogens with zero attached hydrogens (tertiary/aromatic N) is 1. The summed E-state index contributed by atoms with van der Waals surface area (Å²) in [6, 6.07) is 0. The second-order valence-electron chi connectivity index (χ2n) is 6.03. The van der Waals surface area contributed by atoms with Gasteiger partial charge in [0.1, 0.15) is 6.61 Å². The summed E-state index contributed by atoms with van der Waals surface area (Å²) in [6.07, 6.45) is 0.439. The smallest absolute Gasteiger partial charge is 0.248 e. The van der Waals surface area contributed by atoms with E-state index in [-0.39, 0.29) is 24.5 Å². The molecular formula is C14H26N2O3. The van der Waals surface area contributed by atoms with Crippen molar-refractivity contribution < 1.29 is 14.3 Å². The number of ether oxygens (including phenoxy) is 1. The zero-order valence-electron chi connectivity index (χ0n) is 12.4. The van der Waals surface area contributed by atoms with Crippen molar-refractivity contribution in [2.75, 3.05) is 26.2 Å². The molecule has 1 atom stereocenters. The minimum atomic E-state index is -0.0902. The van der Waals surface area contributed by atoms with E-state index in [2.05, 4.69) is 19.2 Å². The van der Waals surface area contributed by atoms with Crippen molar-refractivity contribution in [1.29, 1.82) is 0 Å². The van der Waals surface area contributed by atoms with Crippen LogP contribution in [0.3, 0.4) is 0 Å². The largest absolute Gasteiger partial charge is 0.365 e. The lowest BCUT2D eigenvalue weighted by molar-refractivity contribution is -0.149. The van der Waals surface area contributed by atoms with E-state index >= 15 is 0 Å². The maximum Gasteiger partial charge on any atom is 0.248 e. The SMILES string of the molecule is CC(C)CC(=O)NCC1CN(CC(C)C)C(=O)CO1. The Morgan fingerprint density at radius 1 is 1.37 bits per heavy atom. The molecule has 0 spiro atoms. The predicted octanol–water partition coefficient (Wildman–Crippen LogP) is 1.03. The molecule has 5 heteroatoms. The average Bonchev–Trinajstić information content (AvgIpc) is 2.28. The number of rotatable bonds is 6. The van der Waals surface area contributed by atoms with Crippen LogP contribution in [0.1, 0.15) is 34.1 Å². The predicted molar refractivity (Wildman–Crippen MR) is 73.6 cm³/mol. The Hall–Kier alpha value is -1.10. The monoisotopic (exact) mass is 270 g/mol. The van der Waals surface area contributed by atoms with Gasteiger partial charge in [0.2, 0.25) is 11.8 Å². The topological polar surface area (TPSA) is 58.6 Å². The standard InChI is InChI=1S/C14H26N2O3/c1-10(2)5-13(17)15-6-12-8-16(7-11(3)4)14(18)9-19-12/h10-12H,5-9H2,1-4H3,(H,15,17). The van der Waals surface area contributed by atoms with Gasteiger partial charge in [0.05, 0.1) is 6.10 Å². The summed E-state index contributed by atoms with van der Waals surface area (Å²) in [5.41, 5.74) is 0. The van der Waals surface area contributed by atoms with E-state index in [9.17, 15) is 9.59 Å². The summed E-state index contributed by atoms with van der Waals surface area (Å²) in [5, 5.41) is 2.87. The van der Waals surface area contributed by atoms with Crippen molar-refractivity contribution in [2.45, 2.75) is 40.2 Å². The van der Waals surface area contributed by atoms with Crippen molar-refractivity contribution in [3.8, 4) is 0 Å². The van der Waals surface area contributed by atoms with Crippen LogP contribution in [-0.2, 0) is 14.3 Å². The Labute approximate surface area is 115 Å². The number of morpholine rings is 1. The van der Waals surface area contributed by atoms with Crippen LogP contribution in [0.15, 0.2) is 0 Å². The first kappa shape index (κ1) is 16.0. The summed E-state index contributed by atoms with van der Waals surface area (Å²) in [6.45, 7) is 10.1. The number of nitrogens with one attached hydrogen (secondary N) is 1.